The smallest absolute Gasteiger partial charge is 0.272 e. The summed E-state index contributed by atoms with van der Waals surface area (Å²) in [4.78, 5) is 16.0. The number of hydrazone groups is 1. The minimum atomic E-state index is -0.302. The van der Waals surface area contributed by atoms with Crippen molar-refractivity contribution in [2.24, 2.45) is 5.10 Å². The molecule has 0 atom stereocenters. The summed E-state index contributed by atoms with van der Waals surface area (Å²) in [5, 5.41) is 4.07. The Morgan fingerprint density at radius 2 is 2.07 bits per heavy atom. The zero-order valence-corrected chi connectivity index (χ0v) is 15.0. The number of carbonyl (C=O) groups excluding carboxylic acids is 1. The van der Waals surface area contributed by atoms with Crippen molar-refractivity contribution in [3.8, 4) is 17.2 Å². The van der Waals surface area contributed by atoms with Gasteiger partial charge in [-0.2, -0.15) is 5.10 Å². The monoisotopic (exact) mass is 362 g/mol. The molecular weight excluding hydrogens is 344 g/mol. The third-order valence-electron chi connectivity index (χ3n) is 4.38. The van der Waals surface area contributed by atoms with E-state index < -0.39 is 0 Å². The quantitative estimate of drug-likeness (QED) is 0.572. The van der Waals surface area contributed by atoms with Crippen molar-refractivity contribution < 1.29 is 14.3 Å². The number of fused-ring (bicyclic) bond motifs is 1. The summed E-state index contributed by atoms with van der Waals surface area (Å²) < 4.78 is 12.9. The van der Waals surface area contributed by atoms with E-state index in [1.54, 1.807) is 24.5 Å². The van der Waals surface area contributed by atoms with E-state index in [1.165, 1.54) is 6.20 Å². The van der Waals surface area contributed by atoms with Crippen LogP contribution in [0.1, 0.15) is 27.3 Å². The molecule has 0 bridgehead atoms. The number of aromatic nitrogens is 2. The van der Waals surface area contributed by atoms with Gasteiger partial charge in [-0.05, 0) is 44.2 Å². The molecule has 0 spiro atoms. The van der Waals surface area contributed by atoms with Crippen LogP contribution in [0.15, 0.2) is 53.9 Å². The highest BCUT2D eigenvalue weighted by molar-refractivity contribution is 5.94. The first-order valence-corrected chi connectivity index (χ1v) is 8.46. The maximum Gasteiger partial charge on any atom is 0.272 e. The highest BCUT2D eigenvalue weighted by Crippen LogP contribution is 2.34. The lowest BCUT2D eigenvalue weighted by Gasteiger charge is -2.10. The van der Waals surface area contributed by atoms with Crippen LogP contribution >= 0.6 is 0 Å². The Kier molecular flexibility index (Phi) is 4.33. The number of nitrogens with zero attached hydrogens (tertiary/aromatic N) is 3. The predicted molar refractivity (Wildman–Crippen MR) is 101 cm³/mol. The van der Waals surface area contributed by atoms with Gasteiger partial charge in [-0.3, -0.25) is 9.78 Å². The second-order valence-corrected chi connectivity index (χ2v) is 6.14. The molecule has 1 N–H and O–H groups in total. The maximum atomic E-state index is 12.0. The summed E-state index contributed by atoms with van der Waals surface area (Å²) in [6, 6.07) is 11.2. The average Bonchev–Trinajstić information content (AvgIpc) is 3.26. The molecule has 27 heavy (non-hydrogen) atoms. The van der Waals surface area contributed by atoms with E-state index in [-0.39, 0.29) is 12.7 Å². The fourth-order valence-corrected chi connectivity index (χ4v) is 3.06. The maximum absolute atomic E-state index is 12.0. The Hall–Kier alpha value is -3.61. The Morgan fingerprint density at radius 3 is 2.89 bits per heavy atom. The number of pyridine rings is 1. The van der Waals surface area contributed by atoms with Crippen molar-refractivity contribution in [2.45, 2.75) is 13.8 Å². The summed E-state index contributed by atoms with van der Waals surface area (Å²) >= 11 is 0. The number of hydrogen-bond acceptors (Lipinski definition) is 5. The summed E-state index contributed by atoms with van der Waals surface area (Å²) in [5.74, 6) is 1.18. The topological polar surface area (TPSA) is 77.7 Å². The molecule has 3 heterocycles. The number of rotatable bonds is 4. The van der Waals surface area contributed by atoms with Gasteiger partial charge in [-0.1, -0.05) is 0 Å². The van der Waals surface area contributed by atoms with E-state index in [0.717, 1.165) is 34.1 Å². The number of aryl methyl sites for hydroxylation is 1. The Balaban J connectivity index is 1.55. The van der Waals surface area contributed by atoms with Crippen molar-refractivity contribution in [3.05, 3.63) is 71.3 Å². The summed E-state index contributed by atoms with van der Waals surface area (Å²) in [5.41, 5.74) is 6.93. The van der Waals surface area contributed by atoms with E-state index in [4.69, 9.17) is 9.47 Å². The van der Waals surface area contributed by atoms with Crippen LogP contribution < -0.4 is 14.9 Å². The lowest BCUT2D eigenvalue weighted by atomic mass is 10.2. The van der Waals surface area contributed by atoms with E-state index in [0.29, 0.717) is 5.56 Å². The van der Waals surface area contributed by atoms with E-state index >= 15 is 0 Å². The first-order valence-electron chi connectivity index (χ1n) is 8.46. The van der Waals surface area contributed by atoms with Gasteiger partial charge in [-0.25, -0.2) is 5.43 Å². The van der Waals surface area contributed by atoms with Crippen LogP contribution in [-0.4, -0.2) is 28.5 Å². The molecule has 136 valence electrons. The molecule has 7 nitrogen and oxygen atoms in total. The Labute approximate surface area is 156 Å². The molecule has 1 aliphatic rings. The fraction of sp³-hybridized carbons (Fsp3) is 0.150. The molecule has 7 heteroatoms. The first kappa shape index (κ1) is 16.8. The zero-order valence-electron chi connectivity index (χ0n) is 15.0. The van der Waals surface area contributed by atoms with Gasteiger partial charge in [0.1, 0.15) is 0 Å². The van der Waals surface area contributed by atoms with Crippen LogP contribution in [0, 0.1) is 13.8 Å². The number of carbonyl (C=O) groups is 1. The van der Waals surface area contributed by atoms with Gasteiger partial charge < -0.3 is 14.0 Å². The second kappa shape index (κ2) is 6.95. The number of hydrogen-bond donors (Lipinski definition) is 1. The second-order valence-electron chi connectivity index (χ2n) is 6.14. The van der Waals surface area contributed by atoms with Crippen molar-refractivity contribution >= 4 is 12.1 Å². The van der Waals surface area contributed by atoms with Gasteiger partial charge in [0.05, 0.1) is 11.8 Å². The van der Waals surface area contributed by atoms with Gasteiger partial charge in [0.2, 0.25) is 6.79 Å². The number of ether oxygens (including phenoxy) is 2. The minimum Gasteiger partial charge on any atom is -0.454 e. The highest BCUT2D eigenvalue weighted by atomic mass is 16.7. The Morgan fingerprint density at radius 1 is 1.22 bits per heavy atom. The number of benzene rings is 1. The molecular formula is C20H18N4O3. The molecule has 0 fully saturated rings. The molecule has 0 radical (unpaired) electrons. The van der Waals surface area contributed by atoms with Gasteiger partial charge in [0.25, 0.3) is 5.91 Å². The third-order valence-corrected chi connectivity index (χ3v) is 4.38. The number of nitrogens with one attached hydrogen (secondary N) is 1. The van der Waals surface area contributed by atoms with Crippen LogP contribution in [0.25, 0.3) is 5.69 Å². The molecule has 0 saturated heterocycles. The minimum absolute atomic E-state index is 0.247. The van der Waals surface area contributed by atoms with Gasteiger partial charge in [-0.15, -0.1) is 0 Å². The lowest BCUT2D eigenvalue weighted by Crippen LogP contribution is -2.17. The van der Waals surface area contributed by atoms with E-state index in [1.807, 2.05) is 38.1 Å². The zero-order chi connectivity index (χ0) is 18.8. The van der Waals surface area contributed by atoms with Crippen LogP contribution in [0.5, 0.6) is 11.5 Å². The molecule has 1 aromatic carbocycles. The predicted octanol–water partition coefficient (Wildman–Crippen LogP) is 2.98. The van der Waals surface area contributed by atoms with Crippen molar-refractivity contribution in [1.29, 1.82) is 0 Å². The Bertz CT molecular complexity index is 1030. The lowest BCUT2D eigenvalue weighted by molar-refractivity contribution is 0.0954. The van der Waals surface area contributed by atoms with Crippen LogP contribution in [0.2, 0.25) is 0 Å². The SMILES string of the molecule is Cc1cc(/C=N\NC(=O)c2cccnc2)c(C)n1-c1ccc2c(c1)OCO2. The normalized spacial score (nSPS) is 12.5. The molecule has 4 rings (SSSR count). The molecule has 1 aliphatic heterocycles. The third kappa shape index (κ3) is 3.27. The standard InChI is InChI=1S/C20H18N4O3/c1-13-8-16(11-22-23-20(25)15-4-3-7-21-10-15)14(2)24(13)17-5-6-18-19(9-17)27-12-26-18/h3-11H,12H2,1-2H3,(H,23,25)/b22-11-. The van der Waals surface area contributed by atoms with Crippen LogP contribution in [0.3, 0.4) is 0 Å². The molecule has 0 unspecified atom stereocenters. The van der Waals surface area contributed by atoms with Crippen LogP contribution in [-0.2, 0) is 0 Å². The first-order chi connectivity index (χ1) is 13.1. The highest BCUT2D eigenvalue weighted by Gasteiger charge is 2.16. The summed E-state index contributed by atoms with van der Waals surface area (Å²) in [6.45, 7) is 4.27. The fourth-order valence-electron chi connectivity index (χ4n) is 3.06. The van der Waals surface area contributed by atoms with Crippen LogP contribution in [0.4, 0.5) is 0 Å². The molecule has 0 saturated carbocycles. The molecule has 2 aromatic heterocycles. The van der Waals surface area contributed by atoms with Crippen molar-refractivity contribution in [2.75, 3.05) is 6.79 Å². The molecule has 1 amide bonds. The largest absolute Gasteiger partial charge is 0.454 e. The van der Waals surface area contributed by atoms with Crippen molar-refractivity contribution in [1.82, 2.24) is 15.0 Å². The van der Waals surface area contributed by atoms with E-state index in [2.05, 4.69) is 20.1 Å². The van der Waals surface area contributed by atoms with Gasteiger partial charge in [0, 0.05) is 41.1 Å². The summed E-state index contributed by atoms with van der Waals surface area (Å²) in [7, 11) is 0. The number of amides is 1. The molecule has 0 aliphatic carbocycles. The average molecular weight is 362 g/mol. The van der Waals surface area contributed by atoms with Crippen molar-refractivity contribution in [3.63, 3.8) is 0 Å². The van der Waals surface area contributed by atoms with Gasteiger partial charge in [0.15, 0.2) is 11.5 Å². The van der Waals surface area contributed by atoms with E-state index in [9.17, 15) is 4.79 Å². The molecule has 3 aromatic rings. The van der Waals surface area contributed by atoms with Gasteiger partial charge >= 0.3 is 0 Å². The summed E-state index contributed by atoms with van der Waals surface area (Å²) in [6.07, 6.45) is 4.75.